The van der Waals surface area contributed by atoms with Crippen LogP contribution in [0.3, 0.4) is 0 Å². The third-order valence-corrected chi connectivity index (χ3v) is 2.04. The van der Waals surface area contributed by atoms with Crippen LogP contribution in [-0.2, 0) is 9.47 Å². The van der Waals surface area contributed by atoms with Crippen LogP contribution in [0.15, 0.2) is 24.4 Å². The van der Waals surface area contributed by atoms with Crippen LogP contribution < -0.4 is 0 Å². The Morgan fingerprint density at radius 1 is 1.16 bits per heavy atom. The molecule has 0 aliphatic heterocycles. The van der Waals surface area contributed by atoms with E-state index in [4.69, 9.17) is 9.47 Å². The van der Waals surface area contributed by atoms with E-state index in [-0.39, 0.29) is 12.1 Å². The van der Waals surface area contributed by atoms with Crippen LogP contribution in [0.1, 0.15) is 40.5 Å². The van der Waals surface area contributed by atoms with E-state index in [1.165, 1.54) is 0 Å². The Balaban J connectivity index is 3.74. The van der Waals surface area contributed by atoms with E-state index in [0.717, 1.165) is 12.8 Å². The lowest BCUT2D eigenvalue weighted by atomic mass is 9.99. The summed E-state index contributed by atoms with van der Waals surface area (Å²) >= 11 is 0. The molecule has 110 valence electrons. The second-order valence-electron chi connectivity index (χ2n) is 5.63. The first-order valence-corrected chi connectivity index (χ1v) is 6.66. The van der Waals surface area contributed by atoms with Crippen LogP contribution in [-0.4, -0.2) is 31.4 Å². The number of rotatable bonds is 7. The SMILES string of the molecule is CC/C=C\C/C=C\N(C)COC(=O)OCC(C)(C)C. The number of ether oxygens (including phenoxy) is 2. The van der Waals surface area contributed by atoms with Crippen LogP contribution in [0.4, 0.5) is 4.79 Å². The molecular weight excluding hydrogens is 242 g/mol. The summed E-state index contributed by atoms with van der Waals surface area (Å²) in [4.78, 5) is 13.1. The summed E-state index contributed by atoms with van der Waals surface area (Å²) in [6.07, 6.45) is 9.42. The van der Waals surface area contributed by atoms with E-state index in [2.05, 4.69) is 19.1 Å². The van der Waals surface area contributed by atoms with Gasteiger partial charge in [-0.1, -0.05) is 45.9 Å². The van der Waals surface area contributed by atoms with Gasteiger partial charge in [-0.25, -0.2) is 4.79 Å². The van der Waals surface area contributed by atoms with Gasteiger partial charge in [0.1, 0.15) is 0 Å². The van der Waals surface area contributed by atoms with E-state index in [9.17, 15) is 4.79 Å². The molecule has 0 heterocycles. The van der Waals surface area contributed by atoms with E-state index in [0.29, 0.717) is 6.61 Å². The Bertz CT molecular complexity index is 303. The Morgan fingerprint density at radius 2 is 1.84 bits per heavy atom. The van der Waals surface area contributed by atoms with Crippen molar-refractivity contribution in [3.63, 3.8) is 0 Å². The Morgan fingerprint density at radius 3 is 2.42 bits per heavy atom. The van der Waals surface area contributed by atoms with Gasteiger partial charge in [0, 0.05) is 7.05 Å². The number of hydrogen-bond acceptors (Lipinski definition) is 4. The van der Waals surface area contributed by atoms with Gasteiger partial charge in [-0.3, -0.25) is 0 Å². The molecule has 0 bridgehead atoms. The number of allylic oxidation sites excluding steroid dienone is 3. The quantitative estimate of drug-likeness (QED) is 0.398. The van der Waals surface area contributed by atoms with Gasteiger partial charge in [0.25, 0.3) is 0 Å². The lowest BCUT2D eigenvalue weighted by Crippen LogP contribution is -2.23. The van der Waals surface area contributed by atoms with E-state index >= 15 is 0 Å². The standard InChI is InChI=1S/C15H27NO3/c1-6-7-8-9-10-11-16(5)13-19-14(17)18-12-15(2,3)4/h7-8,10-11H,6,9,12-13H2,1-5H3/b8-7-,11-10-. The minimum Gasteiger partial charge on any atom is -0.434 e. The lowest BCUT2D eigenvalue weighted by Gasteiger charge is -2.18. The largest absolute Gasteiger partial charge is 0.510 e. The molecule has 0 aliphatic rings. The fourth-order valence-corrected chi connectivity index (χ4v) is 1.10. The molecule has 0 aromatic carbocycles. The predicted molar refractivity (Wildman–Crippen MR) is 77.7 cm³/mol. The van der Waals surface area contributed by atoms with E-state index in [1.807, 2.05) is 40.1 Å². The highest BCUT2D eigenvalue weighted by Crippen LogP contribution is 2.13. The van der Waals surface area contributed by atoms with Gasteiger partial charge in [-0.15, -0.1) is 0 Å². The highest BCUT2D eigenvalue weighted by Gasteiger charge is 2.14. The second kappa shape index (κ2) is 9.48. The summed E-state index contributed by atoms with van der Waals surface area (Å²) in [7, 11) is 1.84. The van der Waals surface area contributed by atoms with E-state index in [1.54, 1.807) is 4.90 Å². The molecule has 0 radical (unpaired) electrons. The van der Waals surface area contributed by atoms with Crippen molar-refractivity contribution in [3.05, 3.63) is 24.4 Å². The van der Waals surface area contributed by atoms with Crippen molar-refractivity contribution < 1.29 is 14.3 Å². The third kappa shape index (κ3) is 12.8. The average Bonchev–Trinajstić information content (AvgIpc) is 2.32. The third-order valence-electron chi connectivity index (χ3n) is 2.04. The summed E-state index contributed by atoms with van der Waals surface area (Å²) in [5, 5.41) is 0. The summed E-state index contributed by atoms with van der Waals surface area (Å²) < 4.78 is 9.96. The normalized spacial score (nSPS) is 12.1. The van der Waals surface area contributed by atoms with Gasteiger partial charge in [0.2, 0.25) is 0 Å². The molecule has 0 fully saturated rings. The fourth-order valence-electron chi connectivity index (χ4n) is 1.10. The predicted octanol–water partition coefficient (Wildman–Crippen LogP) is 3.95. The van der Waals surface area contributed by atoms with Gasteiger partial charge in [-0.05, 0) is 24.5 Å². The van der Waals surface area contributed by atoms with Crippen LogP contribution in [0.5, 0.6) is 0 Å². The molecule has 4 nitrogen and oxygen atoms in total. The molecule has 0 N–H and O–H groups in total. The van der Waals surface area contributed by atoms with Crippen molar-refractivity contribution in [1.29, 1.82) is 0 Å². The molecule has 4 heteroatoms. The molecule has 0 spiro atoms. The average molecular weight is 269 g/mol. The van der Waals surface area contributed by atoms with Gasteiger partial charge in [0.15, 0.2) is 6.73 Å². The fraction of sp³-hybridized carbons (Fsp3) is 0.667. The first-order chi connectivity index (χ1) is 8.85. The highest BCUT2D eigenvalue weighted by atomic mass is 16.7. The smallest absolute Gasteiger partial charge is 0.434 e. The van der Waals surface area contributed by atoms with Crippen molar-refractivity contribution in [2.45, 2.75) is 40.5 Å². The molecule has 0 saturated carbocycles. The van der Waals surface area contributed by atoms with E-state index < -0.39 is 6.16 Å². The molecule has 0 aromatic heterocycles. The minimum absolute atomic E-state index is 0.0452. The number of nitrogens with zero attached hydrogens (tertiary/aromatic N) is 1. The Hall–Kier alpha value is -1.45. The van der Waals surface area contributed by atoms with Crippen LogP contribution in [0.2, 0.25) is 0 Å². The zero-order chi connectivity index (χ0) is 14.7. The molecule has 0 saturated heterocycles. The van der Waals surface area contributed by atoms with Crippen molar-refractivity contribution in [2.75, 3.05) is 20.4 Å². The molecule has 0 unspecified atom stereocenters. The zero-order valence-electron chi connectivity index (χ0n) is 12.8. The first-order valence-electron chi connectivity index (χ1n) is 6.66. The van der Waals surface area contributed by atoms with Crippen molar-refractivity contribution in [1.82, 2.24) is 4.90 Å². The van der Waals surface area contributed by atoms with Gasteiger partial charge >= 0.3 is 6.16 Å². The molecule has 19 heavy (non-hydrogen) atoms. The summed E-state index contributed by atoms with van der Waals surface area (Å²) in [5.41, 5.74) is -0.0452. The van der Waals surface area contributed by atoms with Crippen LogP contribution in [0, 0.1) is 5.41 Å². The minimum atomic E-state index is -0.624. The number of hydrogen-bond donors (Lipinski definition) is 0. The maximum absolute atomic E-state index is 11.3. The summed E-state index contributed by atoms with van der Waals surface area (Å²) in [6, 6.07) is 0. The topological polar surface area (TPSA) is 38.8 Å². The molecule has 0 aliphatic carbocycles. The molecule has 0 atom stereocenters. The monoisotopic (exact) mass is 269 g/mol. The molecule has 0 rings (SSSR count). The summed E-state index contributed by atoms with van der Waals surface area (Å²) in [5.74, 6) is 0. The first kappa shape index (κ1) is 17.6. The van der Waals surface area contributed by atoms with Crippen LogP contribution >= 0.6 is 0 Å². The second-order valence-corrected chi connectivity index (χ2v) is 5.63. The summed E-state index contributed by atoms with van der Waals surface area (Å²) in [6.45, 7) is 8.64. The zero-order valence-corrected chi connectivity index (χ0v) is 12.8. The molecule has 0 amide bonds. The number of carbonyl (C=O) groups excluding carboxylic acids is 1. The van der Waals surface area contributed by atoms with Gasteiger partial charge < -0.3 is 14.4 Å². The Kier molecular flexibility index (Phi) is 8.75. The van der Waals surface area contributed by atoms with Gasteiger partial charge in [-0.2, -0.15) is 0 Å². The van der Waals surface area contributed by atoms with Gasteiger partial charge in [0.05, 0.1) is 6.61 Å². The van der Waals surface area contributed by atoms with Crippen molar-refractivity contribution in [2.24, 2.45) is 5.41 Å². The lowest BCUT2D eigenvalue weighted by molar-refractivity contribution is 0.0137. The van der Waals surface area contributed by atoms with Crippen molar-refractivity contribution in [3.8, 4) is 0 Å². The maximum atomic E-state index is 11.3. The number of carbonyl (C=O) groups is 1. The molecule has 0 aromatic rings. The van der Waals surface area contributed by atoms with Crippen molar-refractivity contribution >= 4 is 6.16 Å². The Labute approximate surface area is 117 Å². The maximum Gasteiger partial charge on any atom is 0.510 e. The highest BCUT2D eigenvalue weighted by molar-refractivity contribution is 5.59. The van der Waals surface area contributed by atoms with Crippen LogP contribution in [0.25, 0.3) is 0 Å². The molecular formula is C15H27NO3.